The van der Waals surface area contributed by atoms with Gasteiger partial charge in [0.05, 0.1) is 32.9 Å². The van der Waals surface area contributed by atoms with E-state index in [4.69, 9.17) is 9.47 Å². The van der Waals surface area contributed by atoms with E-state index >= 15 is 0 Å². The Morgan fingerprint density at radius 1 is 1.00 bits per heavy atom. The van der Waals surface area contributed by atoms with Crippen molar-refractivity contribution in [2.24, 2.45) is 0 Å². The lowest BCUT2D eigenvalue weighted by Gasteiger charge is -2.11. The molecule has 0 spiro atoms. The second-order valence-corrected chi connectivity index (χ2v) is 6.86. The van der Waals surface area contributed by atoms with Gasteiger partial charge in [0.15, 0.2) is 11.5 Å². The van der Waals surface area contributed by atoms with Crippen molar-refractivity contribution in [1.82, 2.24) is 15.1 Å². The van der Waals surface area contributed by atoms with Gasteiger partial charge >= 0.3 is 0 Å². The molecule has 0 aliphatic rings. The maximum Gasteiger partial charge on any atom is 0.266 e. The van der Waals surface area contributed by atoms with Crippen LogP contribution in [-0.2, 0) is 17.8 Å². The first-order valence-corrected chi connectivity index (χ1v) is 9.63. The quantitative estimate of drug-likeness (QED) is 0.621. The van der Waals surface area contributed by atoms with E-state index in [0.717, 1.165) is 16.7 Å². The monoisotopic (exact) mass is 407 g/mol. The van der Waals surface area contributed by atoms with Crippen LogP contribution in [0.2, 0.25) is 0 Å². The van der Waals surface area contributed by atoms with E-state index in [1.165, 1.54) is 10.7 Å². The second kappa shape index (κ2) is 9.73. The Kier molecular flexibility index (Phi) is 6.85. The van der Waals surface area contributed by atoms with E-state index in [1.807, 2.05) is 37.3 Å². The molecule has 0 unspecified atom stereocenters. The van der Waals surface area contributed by atoms with Crippen LogP contribution in [0.25, 0.3) is 11.3 Å². The summed E-state index contributed by atoms with van der Waals surface area (Å²) in [7, 11) is 3.14. The Morgan fingerprint density at radius 3 is 2.43 bits per heavy atom. The van der Waals surface area contributed by atoms with Gasteiger partial charge in [0, 0.05) is 18.2 Å². The summed E-state index contributed by atoms with van der Waals surface area (Å²) >= 11 is 0. The molecule has 7 nitrogen and oxygen atoms in total. The van der Waals surface area contributed by atoms with Gasteiger partial charge < -0.3 is 14.8 Å². The number of nitrogens with zero attached hydrogens (tertiary/aromatic N) is 2. The normalized spacial score (nSPS) is 10.5. The van der Waals surface area contributed by atoms with E-state index in [2.05, 4.69) is 10.4 Å². The van der Waals surface area contributed by atoms with E-state index in [9.17, 15) is 9.59 Å². The first-order chi connectivity index (χ1) is 14.5. The molecule has 0 saturated carbocycles. The van der Waals surface area contributed by atoms with Crippen molar-refractivity contribution in [3.05, 3.63) is 76.1 Å². The van der Waals surface area contributed by atoms with Crippen LogP contribution in [0.3, 0.4) is 0 Å². The lowest BCUT2D eigenvalue weighted by atomic mass is 10.1. The van der Waals surface area contributed by atoms with Gasteiger partial charge in [-0.2, -0.15) is 5.10 Å². The zero-order chi connectivity index (χ0) is 21.5. The minimum atomic E-state index is -0.230. The molecule has 156 valence electrons. The Labute approximate surface area is 175 Å². The molecule has 0 atom stereocenters. The summed E-state index contributed by atoms with van der Waals surface area (Å²) in [4.78, 5) is 24.3. The summed E-state index contributed by atoms with van der Waals surface area (Å²) in [6.07, 6.45) is 0.300. The number of carbonyl (C=O) groups is 1. The Hall–Kier alpha value is -3.61. The lowest BCUT2D eigenvalue weighted by Crippen LogP contribution is -2.32. The number of ether oxygens (including phenoxy) is 2. The number of carbonyl (C=O) groups excluding carboxylic acids is 1. The Balaban J connectivity index is 1.65. The van der Waals surface area contributed by atoms with Crippen molar-refractivity contribution in [3.63, 3.8) is 0 Å². The number of hydrogen-bond acceptors (Lipinski definition) is 5. The van der Waals surface area contributed by atoms with Gasteiger partial charge in [0.1, 0.15) is 0 Å². The fourth-order valence-electron chi connectivity index (χ4n) is 3.01. The first-order valence-electron chi connectivity index (χ1n) is 9.63. The minimum Gasteiger partial charge on any atom is -0.493 e. The van der Waals surface area contributed by atoms with Gasteiger partial charge in [0.25, 0.3) is 5.56 Å². The van der Waals surface area contributed by atoms with Crippen molar-refractivity contribution >= 4 is 5.91 Å². The molecule has 1 aromatic heterocycles. The van der Waals surface area contributed by atoms with Gasteiger partial charge in [-0.25, -0.2) is 4.68 Å². The maximum absolute atomic E-state index is 12.2. The zero-order valence-electron chi connectivity index (χ0n) is 17.3. The predicted octanol–water partition coefficient (Wildman–Crippen LogP) is 2.59. The van der Waals surface area contributed by atoms with E-state index in [-0.39, 0.29) is 18.0 Å². The molecular formula is C23H25N3O4. The predicted molar refractivity (Wildman–Crippen MR) is 115 cm³/mol. The number of benzene rings is 2. The topological polar surface area (TPSA) is 82.5 Å². The molecule has 0 saturated heterocycles. The van der Waals surface area contributed by atoms with Crippen LogP contribution < -0.4 is 20.3 Å². The Bertz CT molecular complexity index is 1070. The number of rotatable bonds is 8. The summed E-state index contributed by atoms with van der Waals surface area (Å²) in [5, 5.41) is 7.26. The molecule has 3 rings (SSSR count). The summed E-state index contributed by atoms with van der Waals surface area (Å²) in [6.45, 7) is 2.59. The largest absolute Gasteiger partial charge is 0.493 e. The van der Waals surface area contributed by atoms with Gasteiger partial charge in [-0.1, -0.05) is 29.8 Å². The highest BCUT2D eigenvalue weighted by Crippen LogP contribution is 2.31. The summed E-state index contributed by atoms with van der Waals surface area (Å²) < 4.78 is 11.9. The average Bonchev–Trinajstić information content (AvgIpc) is 2.76. The number of aromatic nitrogens is 2. The third-order valence-electron chi connectivity index (χ3n) is 4.68. The SMILES string of the molecule is COc1ccc(-c2ccc(=O)n(CCNC(=O)Cc3ccc(C)cc3)n2)cc1OC. The van der Waals surface area contributed by atoms with Crippen LogP contribution >= 0.6 is 0 Å². The first kappa shape index (κ1) is 21.1. The van der Waals surface area contributed by atoms with E-state index in [1.54, 1.807) is 32.4 Å². The molecule has 7 heteroatoms. The van der Waals surface area contributed by atoms with Gasteiger partial charge in [-0.15, -0.1) is 0 Å². The fraction of sp³-hybridized carbons (Fsp3) is 0.261. The number of aryl methyl sites for hydroxylation is 1. The molecule has 3 aromatic rings. The average molecular weight is 407 g/mol. The Morgan fingerprint density at radius 2 is 1.73 bits per heavy atom. The minimum absolute atomic E-state index is 0.0945. The highest BCUT2D eigenvalue weighted by molar-refractivity contribution is 5.78. The number of amides is 1. The fourth-order valence-corrected chi connectivity index (χ4v) is 3.01. The molecule has 0 radical (unpaired) electrons. The molecule has 2 aromatic carbocycles. The number of methoxy groups -OCH3 is 2. The van der Waals surface area contributed by atoms with Crippen LogP contribution in [0.1, 0.15) is 11.1 Å². The molecule has 1 N–H and O–H groups in total. The highest BCUT2D eigenvalue weighted by atomic mass is 16.5. The van der Waals surface area contributed by atoms with Crippen LogP contribution in [0.15, 0.2) is 59.4 Å². The number of nitrogens with one attached hydrogen (secondary N) is 1. The van der Waals surface area contributed by atoms with Crippen LogP contribution in [0, 0.1) is 6.92 Å². The molecule has 1 heterocycles. The zero-order valence-corrected chi connectivity index (χ0v) is 17.3. The van der Waals surface area contributed by atoms with E-state index in [0.29, 0.717) is 30.2 Å². The summed E-state index contributed by atoms with van der Waals surface area (Å²) in [6, 6.07) is 16.4. The van der Waals surface area contributed by atoms with Crippen LogP contribution in [-0.4, -0.2) is 36.5 Å². The van der Waals surface area contributed by atoms with Gasteiger partial charge in [0.2, 0.25) is 5.91 Å². The second-order valence-electron chi connectivity index (χ2n) is 6.86. The van der Waals surface area contributed by atoms with Gasteiger partial charge in [-0.05, 0) is 36.8 Å². The summed E-state index contributed by atoms with van der Waals surface area (Å²) in [5.74, 6) is 1.10. The van der Waals surface area contributed by atoms with Crippen LogP contribution in [0.5, 0.6) is 11.5 Å². The van der Waals surface area contributed by atoms with Gasteiger partial charge in [-0.3, -0.25) is 9.59 Å². The maximum atomic E-state index is 12.2. The van der Waals surface area contributed by atoms with E-state index < -0.39 is 0 Å². The highest BCUT2D eigenvalue weighted by Gasteiger charge is 2.09. The third-order valence-corrected chi connectivity index (χ3v) is 4.68. The molecule has 0 aliphatic carbocycles. The van der Waals surface area contributed by atoms with Crippen LogP contribution in [0.4, 0.5) is 0 Å². The molecule has 0 fully saturated rings. The van der Waals surface area contributed by atoms with Crippen molar-refractivity contribution < 1.29 is 14.3 Å². The molecule has 1 amide bonds. The summed E-state index contributed by atoms with van der Waals surface area (Å²) in [5.41, 5.74) is 3.29. The number of hydrogen-bond donors (Lipinski definition) is 1. The molecule has 0 bridgehead atoms. The smallest absolute Gasteiger partial charge is 0.266 e. The van der Waals surface area contributed by atoms with Crippen molar-refractivity contribution in [1.29, 1.82) is 0 Å². The molecule has 30 heavy (non-hydrogen) atoms. The standard InChI is InChI=1S/C23H25N3O4/c1-16-4-6-17(7-5-16)14-22(27)24-12-13-26-23(28)11-9-19(25-26)18-8-10-20(29-2)21(15-18)30-3/h4-11,15H,12-14H2,1-3H3,(H,24,27). The van der Waals surface area contributed by atoms with Crippen molar-refractivity contribution in [3.8, 4) is 22.8 Å². The van der Waals surface area contributed by atoms with Crippen molar-refractivity contribution in [2.45, 2.75) is 19.9 Å². The molecular weight excluding hydrogens is 382 g/mol. The van der Waals surface area contributed by atoms with Crippen molar-refractivity contribution in [2.75, 3.05) is 20.8 Å². The third kappa shape index (κ3) is 5.26. The lowest BCUT2D eigenvalue weighted by molar-refractivity contribution is -0.120. The molecule has 0 aliphatic heterocycles.